The molecule has 0 radical (unpaired) electrons. The van der Waals surface area contributed by atoms with Gasteiger partial charge in [0.15, 0.2) is 11.6 Å². The molecule has 1 atom stereocenters. The van der Waals surface area contributed by atoms with Crippen LogP contribution in [0.3, 0.4) is 0 Å². The Morgan fingerprint density at radius 1 is 1.22 bits per heavy atom. The van der Waals surface area contributed by atoms with Crippen molar-refractivity contribution in [3.05, 3.63) is 77.9 Å². The lowest BCUT2D eigenvalue weighted by atomic mass is 10.0. The lowest BCUT2D eigenvalue weighted by Gasteiger charge is -2.20. The minimum atomic E-state index is -1.24. The molecule has 6 nitrogen and oxygen atoms in total. The molecule has 0 aliphatic rings. The molecule has 27 heavy (non-hydrogen) atoms. The van der Waals surface area contributed by atoms with E-state index in [1.807, 2.05) is 30.3 Å². The molecule has 2 aromatic carbocycles. The second-order valence-electron chi connectivity index (χ2n) is 5.82. The van der Waals surface area contributed by atoms with Gasteiger partial charge in [0.2, 0.25) is 0 Å². The zero-order valence-corrected chi connectivity index (χ0v) is 14.6. The number of hydrogen-bond donors (Lipinski definition) is 1. The predicted molar refractivity (Wildman–Crippen MR) is 94.2 cm³/mol. The SMILES string of the molecule is COc1ccc(F)c(F)c1C(=O)NC(CCn1cncn1)c1ccccc1. The van der Waals surface area contributed by atoms with Crippen LogP contribution in [-0.4, -0.2) is 27.8 Å². The van der Waals surface area contributed by atoms with E-state index in [1.165, 1.54) is 19.5 Å². The maximum atomic E-state index is 14.2. The number of methoxy groups -OCH3 is 1. The van der Waals surface area contributed by atoms with Gasteiger partial charge in [-0.25, -0.2) is 13.8 Å². The molecular weight excluding hydrogens is 354 g/mol. The lowest BCUT2D eigenvalue weighted by molar-refractivity contribution is 0.0924. The van der Waals surface area contributed by atoms with Gasteiger partial charge in [0.05, 0.1) is 13.2 Å². The number of benzene rings is 2. The molecule has 0 saturated heterocycles. The van der Waals surface area contributed by atoms with Crippen molar-refractivity contribution in [1.82, 2.24) is 20.1 Å². The van der Waals surface area contributed by atoms with Crippen molar-refractivity contribution < 1.29 is 18.3 Å². The molecule has 0 aliphatic heterocycles. The fraction of sp³-hybridized carbons (Fsp3) is 0.211. The van der Waals surface area contributed by atoms with E-state index in [1.54, 1.807) is 11.0 Å². The maximum Gasteiger partial charge on any atom is 0.258 e. The van der Waals surface area contributed by atoms with Crippen LogP contribution in [-0.2, 0) is 6.54 Å². The molecular formula is C19H18F2N4O2. The third kappa shape index (κ3) is 4.28. The standard InChI is InChI=1S/C19H18F2N4O2/c1-27-16-8-7-14(20)18(21)17(16)19(26)24-15(13-5-3-2-4-6-13)9-10-25-12-22-11-23-25/h2-8,11-12,15H,9-10H2,1H3,(H,24,26). The number of hydrogen-bond acceptors (Lipinski definition) is 4. The van der Waals surface area contributed by atoms with Crippen LogP contribution in [0.15, 0.2) is 55.1 Å². The van der Waals surface area contributed by atoms with E-state index in [9.17, 15) is 13.6 Å². The highest BCUT2D eigenvalue weighted by molar-refractivity contribution is 5.97. The first-order valence-corrected chi connectivity index (χ1v) is 8.30. The number of carbonyl (C=O) groups is 1. The van der Waals surface area contributed by atoms with E-state index in [0.29, 0.717) is 13.0 Å². The summed E-state index contributed by atoms with van der Waals surface area (Å²) in [5.74, 6) is -3.14. The summed E-state index contributed by atoms with van der Waals surface area (Å²) in [5, 5.41) is 6.80. The highest BCUT2D eigenvalue weighted by Crippen LogP contribution is 2.25. The summed E-state index contributed by atoms with van der Waals surface area (Å²) in [6.45, 7) is 0.489. The van der Waals surface area contributed by atoms with Gasteiger partial charge in [-0.05, 0) is 24.1 Å². The van der Waals surface area contributed by atoms with E-state index in [-0.39, 0.29) is 5.75 Å². The van der Waals surface area contributed by atoms with Crippen molar-refractivity contribution in [2.24, 2.45) is 0 Å². The van der Waals surface area contributed by atoms with Gasteiger partial charge < -0.3 is 10.1 Å². The average Bonchev–Trinajstić information content (AvgIpc) is 3.21. The Bertz CT molecular complexity index is 902. The molecule has 0 saturated carbocycles. The molecule has 3 rings (SSSR count). The largest absolute Gasteiger partial charge is 0.496 e. The van der Waals surface area contributed by atoms with Gasteiger partial charge in [0.1, 0.15) is 24.0 Å². The molecule has 1 aromatic heterocycles. The number of ether oxygens (including phenoxy) is 1. The van der Waals surface area contributed by atoms with Crippen molar-refractivity contribution in [3.63, 3.8) is 0 Å². The molecule has 8 heteroatoms. The second-order valence-corrected chi connectivity index (χ2v) is 5.82. The topological polar surface area (TPSA) is 69.0 Å². The van der Waals surface area contributed by atoms with Crippen LogP contribution in [0.5, 0.6) is 5.75 Å². The number of aryl methyl sites for hydroxylation is 1. The fourth-order valence-corrected chi connectivity index (χ4v) is 2.76. The number of halogens is 2. The minimum Gasteiger partial charge on any atom is -0.496 e. The van der Waals surface area contributed by atoms with Gasteiger partial charge in [-0.2, -0.15) is 5.10 Å². The van der Waals surface area contributed by atoms with Crippen molar-refractivity contribution in [2.75, 3.05) is 7.11 Å². The Labute approximate surface area is 154 Å². The van der Waals surface area contributed by atoms with Crippen LogP contribution in [0, 0.1) is 11.6 Å². The summed E-state index contributed by atoms with van der Waals surface area (Å²) in [7, 11) is 1.29. The monoisotopic (exact) mass is 372 g/mol. The number of nitrogens with one attached hydrogen (secondary N) is 1. The number of rotatable bonds is 7. The summed E-state index contributed by atoms with van der Waals surface area (Å²) in [6.07, 6.45) is 3.47. The fourth-order valence-electron chi connectivity index (χ4n) is 2.76. The Morgan fingerprint density at radius 3 is 2.67 bits per heavy atom. The number of carbonyl (C=O) groups excluding carboxylic acids is 1. The summed E-state index contributed by atoms with van der Waals surface area (Å²) < 4.78 is 34.5. The Hall–Kier alpha value is -3.29. The van der Waals surface area contributed by atoms with Gasteiger partial charge in [0, 0.05) is 6.54 Å². The zero-order chi connectivity index (χ0) is 19.2. The third-order valence-corrected chi connectivity index (χ3v) is 4.12. The molecule has 1 N–H and O–H groups in total. The van der Waals surface area contributed by atoms with Crippen molar-refractivity contribution in [3.8, 4) is 5.75 Å². The van der Waals surface area contributed by atoms with Gasteiger partial charge in [0.25, 0.3) is 5.91 Å². The van der Waals surface area contributed by atoms with Gasteiger partial charge in [-0.15, -0.1) is 0 Å². The molecule has 0 bridgehead atoms. The Balaban J connectivity index is 1.85. The zero-order valence-electron chi connectivity index (χ0n) is 14.6. The van der Waals surface area contributed by atoms with E-state index in [2.05, 4.69) is 15.4 Å². The van der Waals surface area contributed by atoms with Crippen LogP contribution in [0.4, 0.5) is 8.78 Å². The summed E-state index contributed by atoms with van der Waals surface area (Å²) >= 11 is 0. The van der Waals surface area contributed by atoms with Gasteiger partial charge >= 0.3 is 0 Å². The van der Waals surface area contributed by atoms with Crippen LogP contribution in [0.2, 0.25) is 0 Å². The van der Waals surface area contributed by atoms with E-state index in [4.69, 9.17) is 4.74 Å². The number of aromatic nitrogens is 3. The summed E-state index contributed by atoms with van der Waals surface area (Å²) in [6, 6.07) is 11.0. The summed E-state index contributed by atoms with van der Waals surface area (Å²) in [4.78, 5) is 16.6. The molecule has 0 fully saturated rings. The molecule has 140 valence electrons. The van der Waals surface area contributed by atoms with Crippen LogP contribution in [0.1, 0.15) is 28.4 Å². The molecule has 0 aliphatic carbocycles. The van der Waals surface area contributed by atoms with E-state index < -0.39 is 29.1 Å². The average molecular weight is 372 g/mol. The number of amides is 1. The smallest absolute Gasteiger partial charge is 0.258 e. The molecule has 1 heterocycles. The quantitative estimate of drug-likeness (QED) is 0.692. The first-order chi connectivity index (χ1) is 13.1. The normalized spacial score (nSPS) is 11.8. The van der Waals surface area contributed by atoms with Gasteiger partial charge in [-0.1, -0.05) is 30.3 Å². The van der Waals surface area contributed by atoms with Crippen molar-refractivity contribution in [1.29, 1.82) is 0 Å². The molecule has 1 unspecified atom stereocenters. The first kappa shape index (κ1) is 18.5. The predicted octanol–water partition coefficient (Wildman–Crippen LogP) is 3.13. The highest BCUT2D eigenvalue weighted by atomic mass is 19.2. The lowest BCUT2D eigenvalue weighted by Crippen LogP contribution is -2.30. The summed E-state index contributed by atoms with van der Waals surface area (Å²) in [5.41, 5.74) is 0.376. The van der Waals surface area contributed by atoms with Crippen LogP contribution in [0.25, 0.3) is 0 Å². The van der Waals surface area contributed by atoms with Gasteiger partial charge in [-0.3, -0.25) is 9.48 Å². The maximum absolute atomic E-state index is 14.2. The molecule has 3 aromatic rings. The second kappa shape index (κ2) is 8.39. The minimum absolute atomic E-state index is 0.0329. The third-order valence-electron chi connectivity index (χ3n) is 4.12. The Morgan fingerprint density at radius 2 is 2.00 bits per heavy atom. The Kier molecular flexibility index (Phi) is 5.75. The molecule has 0 spiro atoms. The van der Waals surface area contributed by atoms with E-state index in [0.717, 1.165) is 11.6 Å². The highest BCUT2D eigenvalue weighted by Gasteiger charge is 2.24. The van der Waals surface area contributed by atoms with Crippen molar-refractivity contribution in [2.45, 2.75) is 19.0 Å². The number of nitrogens with zero attached hydrogens (tertiary/aromatic N) is 3. The first-order valence-electron chi connectivity index (χ1n) is 8.30. The van der Waals surface area contributed by atoms with E-state index >= 15 is 0 Å². The molecule has 1 amide bonds. The van der Waals surface area contributed by atoms with Crippen LogP contribution < -0.4 is 10.1 Å². The van der Waals surface area contributed by atoms with Crippen molar-refractivity contribution >= 4 is 5.91 Å². The van der Waals surface area contributed by atoms with Crippen LogP contribution >= 0.6 is 0 Å².